The summed E-state index contributed by atoms with van der Waals surface area (Å²) in [6.45, 7) is 2.77. The van der Waals surface area contributed by atoms with Crippen molar-refractivity contribution in [3.8, 4) is 0 Å². The van der Waals surface area contributed by atoms with E-state index >= 15 is 0 Å². The van der Waals surface area contributed by atoms with Crippen molar-refractivity contribution in [3.05, 3.63) is 0 Å². The number of methoxy groups -OCH3 is 1. The molecule has 6 heteroatoms. The summed E-state index contributed by atoms with van der Waals surface area (Å²) in [6, 6.07) is -0.552. The molecule has 1 atom stereocenters. The van der Waals surface area contributed by atoms with Gasteiger partial charge in [-0.3, -0.25) is 9.59 Å². The Hall–Kier alpha value is -0.750. The van der Waals surface area contributed by atoms with Crippen LogP contribution < -0.4 is 10.6 Å². The Morgan fingerprint density at radius 3 is 2.56 bits per heavy atom. The molecule has 18 heavy (non-hydrogen) atoms. The van der Waals surface area contributed by atoms with Gasteiger partial charge in [-0.2, -0.15) is 12.6 Å². The molecule has 1 aliphatic carbocycles. The molecular weight excluding hydrogens is 252 g/mol. The van der Waals surface area contributed by atoms with E-state index in [1.807, 2.05) is 0 Å². The Bertz CT molecular complexity index is 306. The minimum Gasteiger partial charge on any atom is -0.385 e. The summed E-state index contributed by atoms with van der Waals surface area (Å²) in [7, 11) is 1.68. The highest BCUT2D eigenvalue weighted by molar-refractivity contribution is 7.80. The van der Waals surface area contributed by atoms with E-state index in [0.717, 1.165) is 25.9 Å². The zero-order valence-corrected chi connectivity index (χ0v) is 11.9. The van der Waals surface area contributed by atoms with Gasteiger partial charge in [-0.05, 0) is 24.7 Å². The maximum Gasteiger partial charge on any atom is 0.243 e. The van der Waals surface area contributed by atoms with Crippen LogP contribution in [-0.2, 0) is 14.3 Å². The summed E-state index contributed by atoms with van der Waals surface area (Å²) in [5.74, 6) is -0.0788. The monoisotopic (exact) mass is 274 g/mol. The second-order valence-electron chi connectivity index (χ2n) is 4.90. The smallest absolute Gasteiger partial charge is 0.243 e. The molecule has 1 saturated carbocycles. The lowest BCUT2D eigenvalue weighted by atomic mass is 10.0. The number of carbonyl (C=O) groups excluding carboxylic acids is 2. The first-order chi connectivity index (χ1) is 8.53. The number of nitrogens with one attached hydrogen (secondary N) is 2. The van der Waals surface area contributed by atoms with Crippen molar-refractivity contribution in [2.45, 2.75) is 32.2 Å². The number of rotatable bonds is 8. The second kappa shape index (κ2) is 6.99. The molecule has 104 valence electrons. The molecule has 0 aromatic heterocycles. The van der Waals surface area contributed by atoms with E-state index in [2.05, 4.69) is 23.3 Å². The van der Waals surface area contributed by atoms with E-state index in [-0.39, 0.29) is 17.2 Å². The maximum atomic E-state index is 11.9. The minimum atomic E-state index is -0.552. The molecule has 1 aliphatic rings. The van der Waals surface area contributed by atoms with Gasteiger partial charge in [0.2, 0.25) is 11.8 Å². The van der Waals surface area contributed by atoms with Crippen LogP contribution in [0.5, 0.6) is 0 Å². The van der Waals surface area contributed by atoms with E-state index in [1.54, 1.807) is 7.11 Å². The van der Waals surface area contributed by atoms with Crippen LogP contribution in [0.3, 0.4) is 0 Å². The van der Waals surface area contributed by atoms with Gasteiger partial charge >= 0.3 is 0 Å². The molecule has 2 N–H and O–H groups in total. The SMILES string of the molecule is COCCC1(CNC(=O)C(CS)NC(C)=O)CC1. The zero-order chi connectivity index (χ0) is 13.6. The Kier molecular flexibility index (Phi) is 5.95. The summed E-state index contributed by atoms with van der Waals surface area (Å²) in [5.41, 5.74) is 0.211. The molecule has 1 rings (SSSR count). The summed E-state index contributed by atoms with van der Waals surface area (Å²) in [5, 5.41) is 5.47. The molecule has 0 aliphatic heterocycles. The average Bonchev–Trinajstić information content (AvgIpc) is 3.11. The molecule has 0 bridgehead atoms. The van der Waals surface area contributed by atoms with Crippen molar-refractivity contribution in [1.82, 2.24) is 10.6 Å². The average molecular weight is 274 g/mol. The van der Waals surface area contributed by atoms with E-state index in [4.69, 9.17) is 4.74 Å². The number of hydrogen-bond acceptors (Lipinski definition) is 4. The number of thiol groups is 1. The zero-order valence-electron chi connectivity index (χ0n) is 11.0. The quantitative estimate of drug-likeness (QED) is 0.560. The fourth-order valence-electron chi connectivity index (χ4n) is 1.85. The fraction of sp³-hybridized carbons (Fsp3) is 0.833. The molecule has 0 radical (unpaired) electrons. The third kappa shape index (κ3) is 4.86. The van der Waals surface area contributed by atoms with Crippen LogP contribution in [0, 0.1) is 5.41 Å². The van der Waals surface area contributed by atoms with Gasteiger partial charge in [0.25, 0.3) is 0 Å². The second-order valence-corrected chi connectivity index (χ2v) is 5.26. The molecule has 0 heterocycles. The minimum absolute atomic E-state index is 0.163. The molecule has 0 saturated heterocycles. The van der Waals surface area contributed by atoms with Gasteiger partial charge in [0, 0.05) is 32.9 Å². The standard InChI is InChI=1S/C12H22N2O3S/c1-9(15)14-10(7-18)11(16)13-8-12(3-4-12)5-6-17-2/h10,18H,3-8H2,1-2H3,(H,13,16)(H,14,15). The van der Waals surface area contributed by atoms with E-state index in [9.17, 15) is 9.59 Å². The third-order valence-electron chi connectivity index (χ3n) is 3.31. The van der Waals surface area contributed by atoms with E-state index in [0.29, 0.717) is 12.3 Å². The van der Waals surface area contributed by atoms with Crippen molar-refractivity contribution in [3.63, 3.8) is 0 Å². The van der Waals surface area contributed by atoms with Crippen molar-refractivity contribution >= 4 is 24.4 Å². The molecule has 5 nitrogen and oxygen atoms in total. The molecule has 1 unspecified atom stereocenters. The van der Waals surface area contributed by atoms with Crippen LogP contribution in [0.15, 0.2) is 0 Å². The van der Waals surface area contributed by atoms with Crippen LogP contribution in [0.2, 0.25) is 0 Å². The lowest BCUT2D eigenvalue weighted by Gasteiger charge is -2.19. The Labute approximate surface area is 113 Å². The summed E-state index contributed by atoms with van der Waals surface area (Å²) >= 11 is 4.07. The normalized spacial score (nSPS) is 17.9. The van der Waals surface area contributed by atoms with Gasteiger partial charge in [0.1, 0.15) is 6.04 Å². The van der Waals surface area contributed by atoms with Gasteiger partial charge < -0.3 is 15.4 Å². The van der Waals surface area contributed by atoms with Gasteiger partial charge in [-0.15, -0.1) is 0 Å². The number of carbonyl (C=O) groups is 2. The van der Waals surface area contributed by atoms with Gasteiger partial charge in [-0.1, -0.05) is 0 Å². The Morgan fingerprint density at radius 1 is 1.44 bits per heavy atom. The largest absolute Gasteiger partial charge is 0.385 e. The van der Waals surface area contributed by atoms with Crippen LogP contribution in [-0.4, -0.2) is 43.9 Å². The van der Waals surface area contributed by atoms with Crippen molar-refractivity contribution in [2.24, 2.45) is 5.41 Å². The molecule has 0 aromatic carbocycles. The van der Waals surface area contributed by atoms with Gasteiger partial charge in [-0.25, -0.2) is 0 Å². The maximum absolute atomic E-state index is 11.9. The summed E-state index contributed by atoms with van der Waals surface area (Å²) < 4.78 is 5.06. The first kappa shape index (κ1) is 15.3. The first-order valence-corrected chi connectivity index (χ1v) is 6.81. The van der Waals surface area contributed by atoms with Gasteiger partial charge in [0.05, 0.1) is 0 Å². The van der Waals surface area contributed by atoms with Gasteiger partial charge in [0.15, 0.2) is 0 Å². The first-order valence-electron chi connectivity index (χ1n) is 6.17. The predicted octanol–water partition coefficient (Wildman–Crippen LogP) is 0.354. The van der Waals surface area contributed by atoms with Crippen molar-refractivity contribution < 1.29 is 14.3 Å². The van der Waals surface area contributed by atoms with E-state index < -0.39 is 6.04 Å². The molecular formula is C12H22N2O3S. The lowest BCUT2D eigenvalue weighted by Crippen LogP contribution is -2.48. The van der Waals surface area contributed by atoms with Crippen molar-refractivity contribution in [1.29, 1.82) is 0 Å². The number of amides is 2. The highest BCUT2D eigenvalue weighted by Gasteiger charge is 2.42. The van der Waals surface area contributed by atoms with Crippen LogP contribution in [0.1, 0.15) is 26.2 Å². The van der Waals surface area contributed by atoms with Crippen LogP contribution in [0.4, 0.5) is 0 Å². The van der Waals surface area contributed by atoms with Crippen LogP contribution >= 0.6 is 12.6 Å². The molecule has 0 aromatic rings. The molecule has 2 amide bonds. The molecule has 0 spiro atoms. The summed E-state index contributed by atoms with van der Waals surface area (Å²) in [4.78, 5) is 22.8. The summed E-state index contributed by atoms with van der Waals surface area (Å²) in [6.07, 6.45) is 3.22. The topological polar surface area (TPSA) is 67.4 Å². The highest BCUT2D eigenvalue weighted by atomic mass is 32.1. The Morgan fingerprint density at radius 2 is 2.11 bits per heavy atom. The fourth-order valence-corrected chi connectivity index (χ4v) is 2.10. The highest BCUT2D eigenvalue weighted by Crippen LogP contribution is 2.48. The predicted molar refractivity (Wildman–Crippen MR) is 72.6 cm³/mol. The van der Waals surface area contributed by atoms with E-state index in [1.165, 1.54) is 6.92 Å². The van der Waals surface area contributed by atoms with Crippen molar-refractivity contribution in [2.75, 3.05) is 26.0 Å². The van der Waals surface area contributed by atoms with Crippen LogP contribution in [0.25, 0.3) is 0 Å². The Balaban J connectivity index is 2.33. The molecule has 1 fully saturated rings. The lowest BCUT2D eigenvalue weighted by molar-refractivity contribution is -0.127. The third-order valence-corrected chi connectivity index (χ3v) is 3.67. The number of ether oxygens (including phenoxy) is 1. The number of hydrogen-bond donors (Lipinski definition) is 3.